The molecule has 0 aliphatic rings. The molecule has 0 spiro atoms. The van der Waals surface area contributed by atoms with Crippen LogP contribution in [0.5, 0.6) is 28.7 Å². The van der Waals surface area contributed by atoms with E-state index < -0.39 is 11.2 Å². The Morgan fingerprint density at radius 3 is 1.41 bits per heavy atom. The molecule has 0 saturated heterocycles. The van der Waals surface area contributed by atoms with Crippen molar-refractivity contribution in [1.29, 1.82) is 0 Å². The van der Waals surface area contributed by atoms with Crippen LogP contribution >= 0.6 is 0 Å². The second-order valence-electron chi connectivity index (χ2n) is 12.4. The van der Waals surface area contributed by atoms with Gasteiger partial charge in [0.05, 0.1) is 0 Å². The first-order chi connectivity index (χ1) is 22.9. The third-order valence-electron chi connectivity index (χ3n) is 7.18. The topological polar surface area (TPSA) is 169 Å². The Labute approximate surface area is 287 Å². The van der Waals surface area contributed by atoms with Crippen molar-refractivity contribution in [3.63, 3.8) is 0 Å². The lowest BCUT2D eigenvalue weighted by Crippen LogP contribution is -1.97. The predicted octanol–water partition coefficient (Wildman–Crippen LogP) is 7.21. The smallest absolute Gasteiger partial charge is 0.224 e. The summed E-state index contributed by atoms with van der Waals surface area (Å²) in [6.07, 6.45) is 0. The summed E-state index contributed by atoms with van der Waals surface area (Å²) in [6.45, 7) is 15.8. The molecule has 4 aromatic rings. The Bertz CT molecular complexity index is 1920. The van der Waals surface area contributed by atoms with Gasteiger partial charge < -0.3 is 25.5 Å². The van der Waals surface area contributed by atoms with Crippen LogP contribution in [0.3, 0.4) is 0 Å². The summed E-state index contributed by atoms with van der Waals surface area (Å²) in [6, 6.07) is 23.6. The first-order valence-corrected chi connectivity index (χ1v) is 15.9. The number of hydrogen-bond donors (Lipinski definition) is 5. The SMILES string of the molecule is CC(C)c1ccc(O)c(=O)cc1.CC(C)c1ccc(O)c(O)c(=O)c1.CC(C)c1cccc(O)c(=O)c1.CC(C)c1ccccc(=O)c1O. The van der Waals surface area contributed by atoms with Crippen LogP contribution in [-0.2, 0) is 0 Å². The van der Waals surface area contributed by atoms with E-state index >= 15 is 0 Å². The van der Waals surface area contributed by atoms with Gasteiger partial charge in [0, 0.05) is 5.56 Å². The minimum absolute atomic E-state index is 0.130. The molecule has 0 fully saturated rings. The first kappa shape index (κ1) is 41.6. The molecule has 0 heterocycles. The molecule has 0 amide bonds. The molecule has 4 aromatic carbocycles. The molecule has 9 heteroatoms. The average Bonchev–Trinajstić information content (AvgIpc) is 3.46. The zero-order chi connectivity index (χ0) is 37.4. The van der Waals surface area contributed by atoms with E-state index in [0.717, 1.165) is 16.7 Å². The van der Waals surface area contributed by atoms with Crippen molar-refractivity contribution in [2.24, 2.45) is 0 Å². The van der Waals surface area contributed by atoms with Gasteiger partial charge in [-0.05, 0) is 82.8 Å². The van der Waals surface area contributed by atoms with Gasteiger partial charge in [-0.1, -0.05) is 104 Å². The van der Waals surface area contributed by atoms with Crippen LogP contribution < -0.4 is 21.7 Å². The maximum atomic E-state index is 11.2. The van der Waals surface area contributed by atoms with E-state index in [4.69, 9.17) is 20.4 Å². The Hall–Kier alpha value is -5.44. The lowest BCUT2D eigenvalue weighted by molar-refractivity contribution is 0.402. The monoisotopic (exact) mass is 672 g/mol. The summed E-state index contributed by atoms with van der Waals surface area (Å²) < 4.78 is 0. The predicted molar refractivity (Wildman–Crippen MR) is 196 cm³/mol. The standard InChI is InChI=1S/C10H12O3.3C10H12O2/c1-6(2)7-3-4-8(11)10(13)9(12)5-7;1-7(2)8-3-5-9(11)10(12)6-4-8;1-7(2)8-4-3-5-9(11)10(12)6-8;1-7(2)8-5-3-4-6-9(11)10(8)12/h3-6H,1-2H3,(H2,11,12,13);3*3-7H,1-2H3,(H,11,12). The van der Waals surface area contributed by atoms with E-state index in [0.29, 0.717) is 17.4 Å². The Balaban J connectivity index is 0.000000327. The highest BCUT2D eigenvalue weighted by molar-refractivity contribution is 5.38. The fraction of sp³-hybridized carbons (Fsp3) is 0.300. The summed E-state index contributed by atoms with van der Waals surface area (Å²) in [5.41, 5.74) is 1.97. The summed E-state index contributed by atoms with van der Waals surface area (Å²) in [5.74, 6) is -0.438. The fourth-order valence-electron chi connectivity index (χ4n) is 4.00. The Morgan fingerprint density at radius 1 is 0.367 bits per heavy atom. The van der Waals surface area contributed by atoms with Gasteiger partial charge in [0.15, 0.2) is 23.0 Å². The van der Waals surface area contributed by atoms with Crippen LogP contribution in [0.4, 0.5) is 0 Å². The molecular formula is C40H48O9. The van der Waals surface area contributed by atoms with Crippen LogP contribution in [0, 0.1) is 0 Å². The highest BCUT2D eigenvalue weighted by atomic mass is 16.3. The van der Waals surface area contributed by atoms with Crippen molar-refractivity contribution in [2.75, 3.05) is 0 Å². The molecule has 0 aliphatic heterocycles. The minimum Gasteiger partial charge on any atom is -0.504 e. The fourth-order valence-corrected chi connectivity index (χ4v) is 4.00. The van der Waals surface area contributed by atoms with E-state index in [-0.39, 0.29) is 51.1 Å². The molecule has 0 aliphatic carbocycles. The van der Waals surface area contributed by atoms with E-state index in [1.54, 1.807) is 42.5 Å². The second-order valence-corrected chi connectivity index (χ2v) is 12.4. The molecule has 0 unspecified atom stereocenters. The van der Waals surface area contributed by atoms with E-state index in [2.05, 4.69) is 0 Å². The van der Waals surface area contributed by atoms with Gasteiger partial charge in [0.1, 0.15) is 0 Å². The summed E-state index contributed by atoms with van der Waals surface area (Å²) >= 11 is 0. The maximum Gasteiger partial charge on any atom is 0.224 e. The van der Waals surface area contributed by atoms with Crippen LogP contribution in [-0.4, -0.2) is 25.5 Å². The molecule has 4 rings (SSSR count). The zero-order valence-corrected chi connectivity index (χ0v) is 29.3. The van der Waals surface area contributed by atoms with Crippen molar-refractivity contribution >= 4 is 0 Å². The van der Waals surface area contributed by atoms with Crippen LogP contribution in [0.25, 0.3) is 0 Å². The third kappa shape index (κ3) is 14.1. The van der Waals surface area contributed by atoms with Crippen molar-refractivity contribution in [2.45, 2.75) is 79.1 Å². The van der Waals surface area contributed by atoms with Gasteiger partial charge in [-0.3, -0.25) is 19.2 Å². The summed E-state index contributed by atoms with van der Waals surface area (Å²) in [4.78, 5) is 44.3. The number of rotatable bonds is 4. The molecule has 5 N–H and O–H groups in total. The van der Waals surface area contributed by atoms with Crippen LogP contribution in [0.2, 0.25) is 0 Å². The van der Waals surface area contributed by atoms with E-state index in [1.807, 2.05) is 61.5 Å². The second kappa shape index (κ2) is 20.0. The lowest BCUT2D eigenvalue weighted by Gasteiger charge is -2.02. The summed E-state index contributed by atoms with van der Waals surface area (Å²) in [5, 5.41) is 45.8. The zero-order valence-electron chi connectivity index (χ0n) is 29.3. The first-order valence-electron chi connectivity index (χ1n) is 15.9. The number of hydrogen-bond acceptors (Lipinski definition) is 9. The Kier molecular flexibility index (Phi) is 17.0. The van der Waals surface area contributed by atoms with Crippen molar-refractivity contribution in [3.8, 4) is 28.7 Å². The van der Waals surface area contributed by atoms with E-state index in [9.17, 15) is 24.3 Å². The molecular weight excluding hydrogens is 624 g/mol. The van der Waals surface area contributed by atoms with Gasteiger partial charge >= 0.3 is 0 Å². The average molecular weight is 673 g/mol. The molecule has 262 valence electrons. The molecule has 9 nitrogen and oxygen atoms in total. The van der Waals surface area contributed by atoms with E-state index in [1.165, 1.54) is 42.5 Å². The third-order valence-corrected chi connectivity index (χ3v) is 7.18. The number of aromatic hydroxyl groups is 5. The molecule has 0 bridgehead atoms. The van der Waals surface area contributed by atoms with Crippen molar-refractivity contribution in [3.05, 3.63) is 154 Å². The largest absolute Gasteiger partial charge is 0.504 e. The van der Waals surface area contributed by atoms with Crippen molar-refractivity contribution < 1.29 is 25.5 Å². The minimum atomic E-state index is -0.591. The highest BCUT2D eigenvalue weighted by Gasteiger charge is 2.06. The highest BCUT2D eigenvalue weighted by Crippen LogP contribution is 2.21. The molecule has 0 radical (unpaired) electrons. The van der Waals surface area contributed by atoms with Crippen LogP contribution in [0.15, 0.2) is 110 Å². The molecule has 0 aromatic heterocycles. The normalized spacial score (nSPS) is 10.3. The summed E-state index contributed by atoms with van der Waals surface area (Å²) in [7, 11) is 0. The maximum absolute atomic E-state index is 11.2. The van der Waals surface area contributed by atoms with Gasteiger partial charge in [-0.15, -0.1) is 0 Å². The Morgan fingerprint density at radius 2 is 0.837 bits per heavy atom. The van der Waals surface area contributed by atoms with Crippen LogP contribution in [0.1, 0.15) is 101 Å². The van der Waals surface area contributed by atoms with Crippen molar-refractivity contribution in [1.82, 2.24) is 0 Å². The van der Waals surface area contributed by atoms with Gasteiger partial charge in [-0.2, -0.15) is 0 Å². The molecule has 0 saturated carbocycles. The van der Waals surface area contributed by atoms with Gasteiger partial charge in [0.2, 0.25) is 27.5 Å². The van der Waals surface area contributed by atoms with Gasteiger partial charge in [-0.25, -0.2) is 0 Å². The van der Waals surface area contributed by atoms with Gasteiger partial charge in [0.25, 0.3) is 0 Å². The molecule has 49 heavy (non-hydrogen) atoms. The molecule has 0 atom stereocenters. The lowest BCUT2D eigenvalue weighted by atomic mass is 10.0. The quantitative estimate of drug-likeness (QED) is 0.150.